The standard InChI is InChI=1S/C11H13BrF2O3S/c1-18(15,16)5-3-2-4-17-11-9(12)6-8(13)7-10(11)14/h6-7H,2-5H2,1H3. The Morgan fingerprint density at radius 2 is 1.94 bits per heavy atom. The van der Waals surface area contributed by atoms with Crippen LogP contribution in [0.3, 0.4) is 0 Å². The third-order valence-corrected chi connectivity index (χ3v) is 3.74. The van der Waals surface area contributed by atoms with Crippen molar-refractivity contribution in [1.29, 1.82) is 0 Å². The lowest BCUT2D eigenvalue weighted by Gasteiger charge is -2.09. The van der Waals surface area contributed by atoms with Crippen molar-refractivity contribution in [3.05, 3.63) is 28.2 Å². The molecular weight excluding hydrogens is 330 g/mol. The largest absolute Gasteiger partial charge is 0.489 e. The van der Waals surface area contributed by atoms with Crippen LogP contribution in [0.1, 0.15) is 12.8 Å². The Balaban J connectivity index is 2.45. The summed E-state index contributed by atoms with van der Waals surface area (Å²) in [6, 6.07) is 1.84. The van der Waals surface area contributed by atoms with Gasteiger partial charge in [-0.1, -0.05) is 0 Å². The molecular formula is C11H13BrF2O3S. The Morgan fingerprint density at radius 3 is 2.50 bits per heavy atom. The van der Waals surface area contributed by atoms with Gasteiger partial charge < -0.3 is 4.74 Å². The van der Waals surface area contributed by atoms with E-state index in [2.05, 4.69) is 15.9 Å². The molecule has 0 aliphatic carbocycles. The summed E-state index contributed by atoms with van der Waals surface area (Å²) >= 11 is 3.00. The SMILES string of the molecule is CS(=O)(=O)CCCCOc1c(F)cc(F)cc1Br. The van der Waals surface area contributed by atoms with Gasteiger partial charge in [-0.15, -0.1) is 0 Å². The average Bonchev–Trinajstić information content (AvgIpc) is 2.19. The van der Waals surface area contributed by atoms with E-state index in [0.29, 0.717) is 12.8 Å². The first-order valence-electron chi connectivity index (χ1n) is 5.24. The zero-order valence-corrected chi connectivity index (χ0v) is 12.2. The van der Waals surface area contributed by atoms with Gasteiger partial charge in [-0.05, 0) is 34.8 Å². The highest BCUT2D eigenvalue weighted by Crippen LogP contribution is 2.29. The Morgan fingerprint density at radius 1 is 1.28 bits per heavy atom. The van der Waals surface area contributed by atoms with Crippen LogP contribution < -0.4 is 4.74 Å². The number of hydrogen-bond acceptors (Lipinski definition) is 3. The molecule has 0 fully saturated rings. The van der Waals surface area contributed by atoms with Crippen LogP contribution in [-0.4, -0.2) is 27.0 Å². The van der Waals surface area contributed by atoms with Crippen molar-refractivity contribution in [2.75, 3.05) is 18.6 Å². The molecule has 7 heteroatoms. The lowest BCUT2D eigenvalue weighted by atomic mass is 10.3. The second-order valence-corrected chi connectivity index (χ2v) is 7.00. The van der Waals surface area contributed by atoms with E-state index < -0.39 is 21.5 Å². The van der Waals surface area contributed by atoms with Gasteiger partial charge in [0.1, 0.15) is 15.7 Å². The summed E-state index contributed by atoms with van der Waals surface area (Å²) in [5.41, 5.74) is 0. The van der Waals surface area contributed by atoms with Crippen molar-refractivity contribution in [3.63, 3.8) is 0 Å². The van der Waals surface area contributed by atoms with Crippen molar-refractivity contribution in [2.45, 2.75) is 12.8 Å². The fraction of sp³-hybridized carbons (Fsp3) is 0.455. The number of halogens is 3. The summed E-state index contributed by atoms with van der Waals surface area (Å²) in [7, 11) is -2.98. The van der Waals surface area contributed by atoms with Gasteiger partial charge in [-0.3, -0.25) is 0 Å². The van der Waals surface area contributed by atoms with E-state index in [1.54, 1.807) is 0 Å². The highest BCUT2D eigenvalue weighted by atomic mass is 79.9. The summed E-state index contributed by atoms with van der Waals surface area (Å²) < 4.78 is 53.2. The van der Waals surface area contributed by atoms with Gasteiger partial charge in [-0.25, -0.2) is 17.2 Å². The summed E-state index contributed by atoms with van der Waals surface area (Å²) in [6.45, 7) is 0.177. The van der Waals surface area contributed by atoms with Crippen LogP contribution in [0.5, 0.6) is 5.75 Å². The molecule has 0 aliphatic rings. The molecule has 0 aromatic heterocycles. The fourth-order valence-corrected chi connectivity index (χ4v) is 2.56. The summed E-state index contributed by atoms with van der Waals surface area (Å²) in [6.07, 6.45) is 2.08. The van der Waals surface area contributed by atoms with Crippen LogP contribution in [0, 0.1) is 11.6 Å². The lowest BCUT2D eigenvalue weighted by molar-refractivity contribution is 0.291. The molecule has 0 amide bonds. The zero-order chi connectivity index (χ0) is 13.8. The van der Waals surface area contributed by atoms with Gasteiger partial charge in [0.25, 0.3) is 0 Å². The molecule has 0 aliphatic heterocycles. The van der Waals surface area contributed by atoms with E-state index in [1.165, 1.54) is 0 Å². The van der Waals surface area contributed by atoms with Gasteiger partial charge in [-0.2, -0.15) is 0 Å². The molecule has 0 heterocycles. The van der Waals surface area contributed by atoms with E-state index in [9.17, 15) is 17.2 Å². The van der Waals surface area contributed by atoms with E-state index in [4.69, 9.17) is 4.74 Å². The molecule has 0 bridgehead atoms. The maximum absolute atomic E-state index is 13.3. The minimum atomic E-state index is -2.98. The number of sulfone groups is 1. The van der Waals surface area contributed by atoms with Crippen LogP contribution >= 0.6 is 15.9 Å². The van der Waals surface area contributed by atoms with Crippen LogP contribution in [0.25, 0.3) is 0 Å². The monoisotopic (exact) mass is 342 g/mol. The smallest absolute Gasteiger partial charge is 0.169 e. The Labute approximate surface area is 113 Å². The molecule has 1 rings (SSSR count). The van der Waals surface area contributed by atoms with E-state index in [0.717, 1.165) is 18.4 Å². The minimum Gasteiger partial charge on any atom is -0.489 e. The predicted octanol–water partition coefficient (Wildman–Crippen LogP) is 2.93. The van der Waals surface area contributed by atoms with E-state index in [1.807, 2.05) is 0 Å². The fourth-order valence-electron chi connectivity index (χ4n) is 1.31. The second kappa shape index (κ2) is 6.47. The number of unbranched alkanes of at least 4 members (excludes halogenated alkanes) is 1. The van der Waals surface area contributed by atoms with Crippen molar-refractivity contribution >= 4 is 25.8 Å². The predicted molar refractivity (Wildman–Crippen MR) is 68.5 cm³/mol. The molecule has 0 unspecified atom stereocenters. The molecule has 0 radical (unpaired) electrons. The van der Waals surface area contributed by atoms with Gasteiger partial charge in [0.15, 0.2) is 11.6 Å². The normalized spacial score (nSPS) is 11.6. The first-order chi connectivity index (χ1) is 8.29. The van der Waals surface area contributed by atoms with Crippen molar-refractivity contribution in [2.24, 2.45) is 0 Å². The quantitative estimate of drug-likeness (QED) is 0.746. The lowest BCUT2D eigenvalue weighted by Crippen LogP contribution is -2.06. The molecule has 102 valence electrons. The van der Waals surface area contributed by atoms with Crippen LogP contribution in [0.2, 0.25) is 0 Å². The van der Waals surface area contributed by atoms with Crippen molar-refractivity contribution < 1.29 is 21.9 Å². The minimum absolute atomic E-state index is 0.0595. The molecule has 0 atom stereocenters. The number of rotatable bonds is 6. The molecule has 0 spiro atoms. The van der Waals surface area contributed by atoms with Crippen LogP contribution in [0.4, 0.5) is 8.78 Å². The van der Waals surface area contributed by atoms with Gasteiger partial charge in [0.2, 0.25) is 0 Å². The molecule has 1 aromatic rings. The number of hydrogen-bond donors (Lipinski definition) is 0. The highest BCUT2D eigenvalue weighted by Gasteiger charge is 2.11. The summed E-state index contributed by atoms with van der Waals surface area (Å²) in [5.74, 6) is -1.46. The van der Waals surface area contributed by atoms with E-state index in [-0.39, 0.29) is 22.6 Å². The molecule has 0 saturated heterocycles. The maximum Gasteiger partial charge on any atom is 0.169 e. The van der Waals surface area contributed by atoms with Crippen molar-refractivity contribution in [3.8, 4) is 5.75 Å². The molecule has 1 aromatic carbocycles. The van der Waals surface area contributed by atoms with Crippen molar-refractivity contribution in [1.82, 2.24) is 0 Å². The third-order valence-electron chi connectivity index (χ3n) is 2.12. The highest BCUT2D eigenvalue weighted by molar-refractivity contribution is 9.10. The maximum atomic E-state index is 13.3. The van der Waals surface area contributed by atoms with Gasteiger partial charge >= 0.3 is 0 Å². The second-order valence-electron chi connectivity index (χ2n) is 3.88. The van der Waals surface area contributed by atoms with Gasteiger partial charge in [0, 0.05) is 12.3 Å². The molecule has 3 nitrogen and oxygen atoms in total. The summed E-state index contributed by atoms with van der Waals surface area (Å²) in [5, 5.41) is 0. The van der Waals surface area contributed by atoms with E-state index >= 15 is 0 Å². The number of benzene rings is 1. The first kappa shape index (κ1) is 15.4. The van der Waals surface area contributed by atoms with Crippen LogP contribution in [0.15, 0.2) is 16.6 Å². The Kier molecular flexibility index (Phi) is 5.52. The van der Waals surface area contributed by atoms with Crippen LogP contribution in [-0.2, 0) is 9.84 Å². The molecule has 0 saturated carbocycles. The first-order valence-corrected chi connectivity index (χ1v) is 8.10. The zero-order valence-electron chi connectivity index (χ0n) is 9.75. The molecule has 18 heavy (non-hydrogen) atoms. The number of ether oxygens (including phenoxy) is 1. The Bertz CT molecular complexity index is 494. The molecule has 0 N–H and O–H groups in total. The topological polar surface area (TPSA) is 43.4 Å². The Hall–Kier alpha value is -0.690. The van der Waals surface area contributed by atoms with Gasteiger partial charge in [0.05, 0.1) is 16.8 Å². The third kappa shape index (κ3) is 5.30. The average molecular weight is 343 g/mol. The summed E-state index contributed by atoms with van der Waals surface area (Å²) in [4.78, 5) is 0.